The SMILES string of the molecule is COc1ccc(-c2ncc3n2CCCC3N)cc1. The number of hydrogen-bond acceptors (Lipinski definition) is 3. The molecule has 4 heteroatoms. The van der Waals surface area contributed by atoms with Gasteiger partial charge in [0.25, 0.3) is 0 Å². The summed E-state index contributed by atoms with van der Waals surface area (Å²) in [6.45, 7) is 1.00. The first-order valence-corrected chi connectivity index (χ1v) is 6.25. The summed E-state index contributed by atoms with van der Waals surface area (Å²) >= 11 is 0. The van der Waals surface area contributed by atoms with E-state index in [0.717, 1.165) is 42.2 Å². The molecule has 2 N–H and O–H groups in total. The van der Waals surface area contributed by atoms with Crippen LogP contribution in [0.2, 0.25) is 0 Å². The average molecular weight is 243 g/mol. The van der Waals surface area contributed by atoms with Crippen LogP contribution in [-0.2, 0) is 6.54 Å². The van der Waals surface area contributed by atoms with Gasteiger partial charge < -0.3 is 15.0 Å². The molecule has 0 saturated carbocycles. The summed E-state index contributed by atoms with van der Waals surface area (Å²) in [4.78, 5) is 4.52. The van der Waals surface area contributed by atoms with Crippen LogP contribution in [0.15, 0.2) is 30.5 Å². The highest BCUT2D eigenvalue weighted by molar-refractivity contribution is 5.57. The molecular weight excluding hydrogens is 226 g/mol. The van der Waals surface area contributed by atoms with E-state index in [1.165, 1.54) is 0 Å². The van der Waals surface area contributed by atoms with Crippen molar-refractivity contribution in [2.45, 2.75) is 25.4 Å². The molecule has 1 aromatic carbocycles. The molecule has 2 heterocycles. The molecule has 18 heavy (non-hydrogen) atoms. The Balaban J connectivity index is 2.01. The highest BCUT2D eigenvalue weighted by atomic mass is 16.5. The molecule has 1 atom stereocenters. The van der Waals surface area contributed by atoms with Gasteiger partial charge in [0.05, 0.1) is 19.0 Å². The Morgan fingerprint density at radius 2 is 2.11 bits per heavy atom. The first kappa shape index (κ1) is 11.3. The Morgan fingerprint density at radius 3 is 2.83 bits per heavy atom. The fraction of sp³-hybridized carbons (Fsp3) is 0.357. The van der Waals surface area contributed by atoms with Crippen LogP contribution in [0.4, 0.5) is 0 Å². The van der Waals surface area contributed by atoms with Gasteiger partial charge in [-0.3, -0.25) is 0 Å². The smallest absolute Gasteiger partial charge is 0.140 e. The van der Waals surface area contributed by atoms with E-state index in [2.05, 4.69) is 9.55 Å². The topological polar surface area (TPSA) is 53.1 Å². The van der Waals surface area contributed by atoms with Crippen molar-refractivity contribution in [3.05, 3.63) is 36.2 Å². The zero-order valence-corrected chi connectivity index (χ0v) is 10.5. The van der Waals surface area contributed by atoms with Crippen molar-refractivity contribution >= 4 is 0 Å². The van der Waals surface area contributed by atoms with Gasteiger partial charge in [-0.25, -0.2) is 4.98 Å². The van der Waals surface area contributed by atoms with E-state index in [1.807, 2.05) is 30.5 Å². The summed E-state index contributed by atoms with van der Waals surface area (Å²) < 4.78 is 7.40. The van der Waals surface area contributed by atoms with E-state index >= 15 is 0 Å². The second-order valence-corrected chi connectivity index (χ2v) is 4.64. The second-order valence-electron chi connectivity index (χ2n) is 4.64. The molecule has 0 spiro atoms. The van der Waals surface area contributed by atoms with Gasteiger partial charge in [-0.2, -0.15) is 0 Å². The largest absolute Gasteiger partial charge is 0.497 e. The summed E-state index contributed by atoms with van der Waals surface area (Å²) in [5, 5.41) is 0. The third kappa shape index (κ3) is 1.78. The first-order valence-electron chi connectivity index (χ1n) is 6.25. The number of nitrogens with two attached hydrogens (primary N) is 1. The Morgan fingerprint density at radius 1 is 1.33 bits per heavy atom. The summed E-state index contributed by atoms with van der Waals surface area (Å²) in [5.74, 6) is 1.86. The fourth-order valence-electron chi connectivity index (χ4n) is 2.51. The molecule has 4 nitrogen and oxygen atoms in total. The molecule has 1 unspecified atom stereocenters. The van der Waals surface area contributed by atoms with Gasteiger partial charge >= 0.3 is 0 Å². The zero-order chi connectivity index (χ0) is 12.5. The highest BCUT2D eigenvalue weighted by Gasteiger charge is 2.20. The van der Waals surface area contributed by atoms with Gasteiger partial charge in [-0.1, -0.05) is 0 Å². The number of rotatable bonds is 2. The Labute approximate surface area is 106 Å². The van der Waals surface area contributed by atoms with Crippen molar-refractivity contribution < 1.29 is 4.74 Å². The summed E-state index contributed by atoms with van der Waals surface area (Å²) in [5.41, 5.74) is 8.36. The van der Waals surface area contributed by atoms with E-state index in [-0.39, 0.29) is 6.04 Å². The maximum absolute atomic E-state index is 6.10. The number of benzene rings is 1. The van der Waals surface area contributed by atoms with Crippen molar-refractivity contribution in [3.8, 4) is 17.1 Å². The molecule has 0 bridgehead atoms. The van der Waals surface area contributed by atoms with Crippen LogP contribution in [0.5, 0.6) is 5.75 Å². The lowest BCUT2D eigenvalue weighted by Crippen LogP contribution is -2.21. The summed E-state index contributed by atoms with van der Waals surface area (Å²) in [6, 6.07) is 8.11. The minimum atomic E-state index is 0.123. The molecule has 0 radical (unpaired) electrons. The minimum absolute atomic E-state index is 0.123. The standard InChI is InChI=1S/C14H17N3O/c1-18-11-6-4-10(5-7-11)14-16-9-13-12(15)3-2-8-17(13)14/h4-7,9,12H,2-3,8,15H2,1H3. The number of imidazole rings is 1. The quantitative estimate of drug-likeness (QED) is 0.880. The van der Waals surface area contributed by atoms with Crippen LogP contribution in [0.1, 0.15) is 24.6 Å². The molecule has 0 aliphatic carbocycles. The average Bonchev–Trinajstić information content (AvgIpc) is 2.84. The molecule has 0 amide bonds. The Hall–Kier alpha value is -1.81. The summed E-state index contributed by atoms with van der Waals surface area (Å²) in [7, 11) is 1.67. The van der Waals surface area contributed by atoms with Crippen LogP contribution in [-0.4, -0.2) is 16.7 Å². The lowest BCUT2D eigenvalue weighted by molar-refractivity contribution is 0.415. The van der Waals surface area contributed by atoms with Crippen LogP contribution in [0.25, 0.3) is 11.4 Å². The fourth-order valence-corrected chi connectivity index (χ4v) is 2.51. The molecular formula is C14H17N3O. The molecule has 1 aliphatic heterocycles. The third-order valence-corrected chi connectivity index (χ3v) is 3.51. The maximum atomic E-state index is 6.10. The van der Waals surface area contributed by atoms with Crippen molar-refractivity contribution in [3.63, 3.8) is 0 Å². The zero-order valence-electron chi connectivity index (χ0n) is 10.5. The van der Waals surface area contributed by atoms with Gasteiger partial charge in [0.1, 0.15) is 11.6 Å². The Kier molecular flexibility index (Phi) is 2.80. The molecule has 3 rings (SSSR count). The monoisotopic (exact) mass is 243 g/mol. The van der Waals surface area contributed by atoms with E-state index in [9.17, 15) is 0 Å². The van der Waals surface area contributed by atoms with Crippen LogP contribution >= 0.6 is 0 Å². The predicted molar refractivity (Wildman–Crippen MR) is 70.4 cm³/mol. The van der Waals surface area contributed by atoms with E-state index < -0.39 is 0 Å². The predicted octanol–water partition coefficient (Wildman–Crippen LogP) is 2.35. The lowest BCUT2D eigenvalue weighted by Gasteiger charge is -2.22. The number of hydrogen-bond donors (Lipinski definition) is 1. The number of methoxy groups -OCH3 is 1. The van der Waals surface area contributed by atoms with Gasteiger partial charge in [0.15, 0.2) is 0 Å². The van der Waals surface area contributed by atoms with Crippen molar-refractivity contribution in [1.82, 2.24) is 9.55 Å². The first-order chi connectivity index (χ1) is 8.79. The molecule has 0 saturated heterocycles. The molecule has 94 valence electrons. The van der Waals surface area contributed by atoms with Crippen molar-refractivity contribution in [1.29, 1.82) is 0 Å². The van der Waals surface area contributed by atoms with Gasteiger partial charge in [-0.15, -0.1) is 0 Å². The number of aromatic nitrogens is 2. The number of fused-ring (bicyclic) bond motifs is 1. The number of ether oxygens (including phenoxy) is 1. The van der Waals surface area contributed by atoms with Crippen molar-refractivity contribution in [2.24, 2.45) is 5.73 Å². The van der Waals surface area contributed by atoms with E-state index in [0.29, 0.717) is 0 Å². The summed E-state index contributed by atoms with van der Waals surface area (Å²) in [6.07, 6.45) is 4.07. The normalized spacial score (nSPS) is 18.4. The molecule has 1 aromatic heterocycles. The highest BCUT2D eigenvalue weighted by Crippen LogP contribution is 2.29. The lowest BCUT2D eigenvalue weighted by atomic mass is 10.1. The van der Waals surface area contributed by atoms with E-state index in [1.54, 1.807) is 7.11 Å². The second kappa shape index (κ2) is 4.46. The number of nitrogens with zero attached hydrogens (tertiary/aromatic N) is 2. The molecule has 0 fully saturated rings. The van der Waals surface area contributed by atoms with Crippen molar-refractivity contribution in [2.75, 3.05) is 7.11 Å². The van der Waals surface area contributed by atoms with Gasteiger partial charge in [-0.05, 0) is 37.1 Å². The van der Waals surface area contributed by atoms with Crippen LogP contribution in [0.3, 0.4) is 0 Å². The maximum Gasteiger partial charge on any atom is 0.140 e. The molecule has 2 aromatic rings. The van der Waals surface area contributed by atoms with Crippen LogP contribution in [0, 0.1) is 0 Å². The molecule has 1 aliphatic rings. The van der Waals surface area contributed by atoms with Gasteiger partial charge in [0.2, 0.25) is 0 Å². The van der Waals surface area contributed by atoms with Gasteiger partial charge in [0, 0.05) is 18.2 Å². The minimum Gasteiger partial charge on any atom is -0.497 e. The van der Waals surface area contributed by atoms with Crippen LogP contribution < -0.4 is 10.5 Å². The van der Waals surface area contributed by atoms with E-state index in [4.69, 9.17) is 10.5 Å². The third-order valence-electron chi connectivity index (χ3n) is 3.51. The Bertz CT molecular complexity index is 545.